The maximum absolute atomic E-state index is 11.6. The first-order valence-electron chi connectivity index (χ1n) is 5.83. The fourth-order valence-corrected chi connectivity index (χ4v) is 3.35. The maximum atomic E-state index is 11.6. The molecule has 0 aliphatic carbocycles. The highest BCUT2D eigenvalue weighted by atomic mass is 79.9. The zero-order chi connectivity index (χ0) is 14.1. The number of halogens is 1. The fourth-order valence-electron chi connectivity index (χ4n) is 1.85. The summed E-state index contributed by atoms with van der Waals surface area (Å²) < 4.78 is 6.08. The van der Waals surface area contributed by atoms with Crippen molar-refractivity contribution in [1.29, 1.82) is 0 Å². The first kappa shape index (κ1) is 13.3. The first-order valence-corrected chi connectivity index (χ1v) is 7.44. The minimum Gasteiger partial charge on any atom is -0.508 e. The van der Waals surface area contributed by atoms with Crippen LogP contribution in [0.5, 0.6) is 5.75 Å². The second-order valence-corrected chi connectivity index (χ2v) is 6.08. The summed E-state index contributed by atoms with van der Waals surface area (Å²) in [6.45, 7) is 0. The molecule has 3 aromatic rings. The number of hydrogen-bond donors (Lipinski definition) is 1. The van der Waals surface area contributed by atoms with E-state index >= 15 is 0 Å². The molecule has 20 heavy (non-hydrogen) atoms. The maximum Gasteiger partial charge on any atom is 0.337 e. The zero-order valence-corrected chi connectivity index (χ0v) is 12.6. The van der Waals surface area contributed by atoms with Crippen LogP contribution in [0.4, 0.5) is 0 Å². The largest absolute Gasteiger partial charge is 0.508 e. The smallest absolute Gasteiger partial charge is 0.337 e. The standard InChI is InChI=1S/C15H9BrO3S/c16-11-3-1-2-4-13(11)20-14-8-15(18)19-12-6-5-9(17)7-10(12)14/h1-8,17H. The van der Waals surface area contributed by atoms with Crippen molar-refractivity contribution in [3.05, 3.63) is 63.4 Å². The van der Waals surface area contributed by atoms with Gasteiger partial charge in [0.05, 0.1) is 0 Å². The Bertz CT molecular complexity index is 842. The minimum atomic E-state index is -0.405. The van der Waals surface area contributed by atoms with Gasteiger partial charge in [-0.15, -0.1) is 0 Å². The highest BCUT2D eigenvalue weighted by Gasteiger charge is 2.09. The molecular formula is C15H9BrO3S. The van der Waals surface area contributed by atoms with Crippen LogP contribution in [-0.2, 0) is 0 Å². The molecule has 0 saturated carbocycles. The number of hydrogen-bond acceptors (Lipinski definition) is 4. The van der Waals surface area contributed by atoms with Gasteiger partial charge in [0.15, 0.2) is 0 Å². The lowest BCUT2D eigenvalue weighted by Crippen LogP contribution is -1.97. The Morgan fingerprint density at radius 1 is 1.05 bits per heavy atom. The van der Waals surface area contributed by atoms with Gasteiger partial charge in [-0.1, -0.05) is 23.9 Å². The summed E-state index contributed by atoms with van der Waals surface area (Å²) in [4.78, 5) is 13.3. The molecule has 100 valence electrons. The van der Waals surface area contributed by atoms with Gasteiger partial charge in [0.2, 0.25) is 0 Å². The Morgan fingerprint density at radius 2 is 1.85 bits per heavy atom. The van der Waals surface area contributed by atoms with Crippen LogP contribution in [0.2, 0.25) is 0 Å². The number of phenols is 1. The number of aromatic hydroxyl groups is 1. The van der Waals surface area contributed by atoms with Crippen molar-refractivity contribution >= 4 is 38.7 Å². The van der Waals surface area contributed by atoms with Gasteiger partial charge in [-0.3, -0.25) is 0 Å². The van der Waals surface area contributed by atoms with E-state index in [1.165, 1.54) is 23.9 Å². The van der Waals surface area contributed by atoms with E-state index < -0.39 is 5.63 Å². The van der Waals surface area contributed by atoms with Crippen molar-refractivity contribution in [3.63, 3.8) is 0 Å². The molecule has 0 radical (unpaired) electrons. The molecule has 0 fully saturated rings. The Hall–Kier alpha value is -1.72. The molecule has 1 N–H and O–H groups in total. The SMILES string of the molecule is O=c1cc(Sc2ccccc2Br)c2cc(O)ccc2o1. The number of phenolic OH excluding ortho intramolecular Hbond substituents is 1. The van der Waals surface area contributed by atoms with Gasteiger partial charge in [-0.2, -0.15) is 0 Å². The van der Waals surface area contributed by atoms with Gasteiger partial charge >= 0.3 is 5.63 Å². The summed E-state index contributed by atoms with van der Waals surface area (Å²) in [7, 11) is 0. The predicted molar refractivity (Wildman–Crippen MR) is 82.4 cm³/mol. The van der Waals surface area contributed by atoms with Gasteiger partial charge in [0.25, 0.3) is 0 Å². The van der Waals surface area contributed by atoms with Crippen molar-refractivity contribution in [1.82, 2.24) is 0 Å². The van der Waals surface area contributed by atoms with E-state index in [4.69, 9.17) is 4.42 Å². The molecule has 0 amide bonds. The molecule has 1 aromatic heterocycles. The number of fused-ring (bicyclic) bond motifs is 1. The molecule has 1 heterocycles. The third kappa shape index (κ3) is 2.59. The van der Waals surface area contributed by atoms with Crippen molar-refractivity contribution in [2.45, 2.75) is 9.79 Å². The summed E-state index contributed by atoms with van der Waals surface area (Å²) in [6, 6.07) is 13.9. The molecule has 3 rings (SSSR count). The average Bonchev–Trinajstić information content (AvgIpc) is 2.42. The molecule has 0 unspecified atom stereocenters. The second-order valence-electron chi connectivity index (χ2n) is 4.14. The molecule has 0 saturated heterocycles. The fraction of sp³-hybridized carbons (Fsp3) is 0. The van der Waals surface area contributed by atoms with E-state index in [2.05, 4.69) is 15.9 Å². The summed E-state index contributed by atoms with van der Waals surface area (Å²) in [5, 5.41) is 10.3. The highest BCUT2D eigenvalue weighted by molar-refractivity contribution is 9.10. The third-order valence-corrected chi connectivity index (χ3v) is 4.83. The van der Waals surface area contributed by atoms with Crippen LogP contribution in [0, 0.1) is 0 Å². The van der Waals surface area contributed by atoms with Crippen molar-refractivity contribution in [2.75, 3.05) is 0 Å². The Kier molecular flexibility index (Phi) is 3.54. The quantitative estimate of drug-likeness (QED) is 0.696. The molecule has 3 nitrogen and oxygen atoms in total. The van der Waals surface area contributed by atoms with Crippen LogP contribution in [0.3, 0.4) is 0 Å². The lowest BCUT2D eigenvalue weighted by Gasteiger charge is -2.07. The monoisotopic (exact) mass is 348 g/mol. The summed E-state index contributed by atoms with van der Waals surface area (Å²) in [6.07, 6.45) is 0. The van der Waals surface area contributed by atoms with Gasteiger partial charge in [0.1, 0.15) is 11.3 Å². The average molecular weight is 349 g/mol. The third-order valence-electron chi connectivity index (χ3n) is 2.74. The van der Waals surface area contributed by atoms with Gasteiger partial charge in [0, 0.05) is 25.7 Å². The molecule has 5 heteroatoms. The van der Waals surface area contributed by atoms with Crippen LogP contribution in [0.15, 0.2) is 72.0 Å². The first-order chi connectivity index (χ1) is 9.63. The van der Waals surface area contributed by atoms with Gasteiger partial charge in [-0.05, 0) is 46.3 Å². The van der Waals surface area contributed by atoms with Crippen LogP contribution in [0.1, 0.15) is 0 Å². The van der Waals surface area contributed by atoms with Crippen LogP contribution < -0.4 is 5.63 Å². The summed E-state index contributed by atoms with van der Waals surface area (Å²) in [5.41, 5.74) is 0.0580. The van der Waals surface area contributed by atoms with E-state index in [-0.39, 0.29) is 5.75 Å². The lowest BCUT2D eigenvalue weighted by atomic mass is 10.2. The van der Waals surface area contributed by atoms with E-state index in [0.29, 0.717) is 11.0 Å². The molecule has 0 bridgehead atoms. The predicted octanol–water partition coefficient (Wildman–Crippen LogP) is 4.41. The molecule has 0 aliphatic rings. The Labute approximate surface area is 127 Å². The molecule has 0 aliphatic heterocycles. The molecule has 0 atom stereocenters. The number of rotatable bonds is 2. The minimum absolute atomic E-state index is 0.139. The second kappa shape index (κ2) is 5.34. The molecule has 0 spiro atoms. The molecular weight excluding hydrogens is 340 g/mol. The van der Waals surface area contributed by atoms with E-state index in [1.807, 2.05) is 24.3 Å². The molecule has 2 aromatic carbocycles. The zero-order valence-electron chi connectivity index (χ0n) is 10.2. The van der Waals surface area contributed by atoms with Crippen LogP contribution in [-0.4, -0.2) is 5.11 Å². The van der Waals surface area contributed by atoms with E-state index in [9.17, 15) is 9.90 Å². The topological polar surface area (TPSA) is 50.4 Å². The van der Waals surface area contributed by atoms with Crippen molar-refractivity contribution in [3.8, 4) is 5.75 Å². The van der Waals surface area contributed by atoms with Crippen molar-refractivity contribution < 1.29 is 9.52 Å². The summed E-state index contributed by atoms with van der Waals surface area (Å²) in [5.74, 6) is 0.139. The lowest BCUT2D eigenvalue weighted by molar-refractivity contribution is 0.475. The Morgan fingerprint density at radius 3 is 2.65 bits per heavy atom. The Balaban J connectivity index is 2.18. The van der Waals surface area contributed by atoms with Crippen LogP contribution >= 0.6 is 27.7 Å². The van der Waals surface area contributed by atoms with E-state index in [1.54, 1.807) is 12.1 Å². The van der Waals surface area contributed by atoms with Crippen molar-refractivity contribution in [2.24, 2.45) is 0 Å². The van der Waals surface area contributed by atoms with Gasteiger partial charge < -0.3 is 9.52 Å². The highest BCUT2D eigenvalue weighted by Crippen LogP contribution is 2.37. The normalized spacial score (nSPS) is 10.8. The summed E-state index contributed by atoms with van der Waals surface area (Å²) >= 11 is 4.93. The van der Waals surface area contributed by atoms with E-state index in [0.717, 1.165) is 14.3 Å². The van der Waals surface area contributed by atoms with Crippen LogP contribution in [0.25, 0.3) is 11.0 Å². The van der Waals surface area contributed by atoms with Gasteiger partial charge in [-0.25, -0.2) is 4.79 Å². The number of benzene rings is 2.